The third-order valence-corrected chi connectivity index (χ3v) is 8.98. The zero-order valence-corrected chi connectivity index (χ0v) is 21.2. The first-order chi connectivity index (χ1) is 16.2. The number of hydrogen-bond acceptors (Lipinski definition) is 6. The van der Waals surface area contributed by atoms with E-state index in [2.05, 4.69) is 0 Å². The van der Waals surface area contributed by atoms with Gasteiger partial charge in [0.25, 0.3) is 0 Å². The third kappa shape index (κ3) is 5.14. The fourth-order valence-corrected chi connectivity index (χ4v) is 6.73. The van der Waals surface area contributed by atoms with Crippen molar-refractivity contribution in [3.63, 3.8) is 0 Å². The number of fused-ring (bicyclic) bond motifs is 1. The molecular formula is C24H29FN4O3S2. The average Bonchev–Trinajstić information content (AvgIpc) is 3.24. The molecule has 2 aromatic carbocycles. The Morgan fingerprint density at radius 1 is 1.18 bits per heavy atom. The van der Waals surface area contributed by atoms with Crippen molar-refractivity contribution in [2.24, 2.45) is 5.92 Å². The number of thiazole rings is 1. The molecule has 1 fully saturated rings. The number of carbonyl (C=O) groups excluding carboxylic acids is 1. The number of carbonyl (C=O) groups is 1. The molecule has 0 bridgehead atoms. The summed E-state index contributed by atoms with van der Waals surface area (Å²) in [6.45, 7) is 3.55. The van der Waals surface area contributed by atoms with Gasteiger partial charge in [-0.1, -0.05) is 23.5 Å². The van der Waals surface area contributed by atoms with Crippen molar-refractivity contribution in [3.05, 3.63) is 53.8 Å². The Morgan fingerprint density at radius 2 is 1.91 bits per heavy atom. The summed E-state index contributed by atoms with van der Waals surface area (Å²) in [6.07, 6.45) is 1.19. The van der Waals surface area contributed by atoms with Gasteiger partial charge >= 0.3 is 0 Å². The number of nitrogens with zero attached hydrogens (tertiary/aromatic N) is 4. The van der Waals surface area contributed by atoms with Crippen LogP contribution in [0.4, 0.5) is 9.52 Å². The Hall–Kier alpha value is -2.40. The SMILES string of the molecule is Cc1cccc2sc(N(CCN(C)C)C(=O)C3CCCN(S(=O)(=O)c4ccc(F)cc4)C3)nc12. The topological polar surface area (TPSA) is 73.8 Å². The van der Waals surface area contributed by atoms with Crippen LogP contribution in [0.15, 0.2) is 47.4 Å². The molecule has 182 valence electrons. The van der Waals surface area contributed by atoms with Crippen LogP contribution in [0.2, 0.25) is 0 Å². The second-order valence-corrected chi connectivity index (χ2v) is 11.8. The van der Waals surface area contributed by atoms with E-state index < -0.39 is 21.8 Å². The minimum Gasteiger partial charge on any atom is -0.308 e. The summed E-state index contributed by atoms with van der Waals surface area (Å²) < 4.78 is 41.9. The monoisotopic (exact) mass is 504 g/mol. The van der Waals surface area contributed by atoms with Crippen LogP contribution >= 0.6 is 11.3 Å². The van der Waals surface area contributed by atoms with Crippen LogP contribution in [0.3, 0.4) is 0 Å². The predicted octanol–water partition coefficient (Wildman–Crippen LogP) is 3.74. The maximum Gasteiger partial charge on any atom is 0.243 e. The Labute approximate surface area is 203 Å². The van der Waals surface area contributed by atoms with Crippen molar-refractivity contribution in [1.82, 2.24) is 14.2 Å². The van der Waals surface area contributed by atoms with E-state index in [1.807, 2.05) is 44.1 Å². The summed E-state index contributed by atoms with van der Waals surface area (Å²) in [5.74, 6) is -1.08. The molecule has 7 nitrogen and oxygen atoms in total. The average molecular weight is 505 g/mol. The van der Waals surface area contributed by atoms with Crippen LogP contribution in [0, 0.1) is 18.7 Å². The highest BCUT2D eigenvalue weighted by atomic mass is 32.2. The fourth-order valence-electron chi connectivity index (χ4n) is 4.13. The summed E-state index contributed by atoms with van der Waals surface area (Å²) in [6, 6.07) is 10.8. The van der Waals surface area contributed by atoms with E-state index in [1.165, 1.54) is 27.8 Å². The fraction of sp³-hybridized carbons (Fsp3) is 0.417. The van der Waals surface area contributed by atoms with Crippen LogP contribution in [0.1, 0.15) is 18.4 Å². The third-order valence-electron chi connectivity index (χ3n) is 6.06. The van der Waals surface area contributed by atoms with E-state index in [-0.39, 0.29) is 17.3 Å². The summed E-state index contributed by atoms with van der Waals surface area (Å²) in [5, 5.41) is 0.634. The van der Waals surface area contributed by atoms with Gasteiger partial charge in [0.15, 0.2) is 5.13 Å². The number of amides is 1. The highest BCUT2D eigenvalue weighted by Crippen LogP contribution is 2.33. The minimum atomic E-state index is -3.81. The number of hydrogen-bond donors (Lipinski definition) is 0. The lowest BCUT2D eigenvalue weighted by atomic mass is 9.98. The van der Waals surface area contributed by atoms with Gasteiger partial charge in [-0.05, 0) is 69.8 Å². The van der Waals surface area contributed by atoms with Gasteiger partial charge in [0.1, 0.15) is 5.82 Å². The first-order valence-electron chi connectivity index (χ1n) is 11.2. The van der Waals surface area contributed by atoms with Crippen LogP contribution < -0.4 is 4.90 Å². The van der Waals surface area contributed by atoms with Crippen molar-refractivity contribution >= 4 is 42.6 Å². The Bertz CT molecular complexity index is 1280. The molecule has 2 heterocycles. The minimum absolute atomic E-state index is 0.0353. The molecule has 1 aliphatic heterocycles. The van der Waals surface area contributed by atoms with E-state index in [0.717, 1.165) is 27.9 Å². The Kier molecular flexibility index (Phi) is 7.32. The van der Waals surface area contributed by atoms with Crippen molar-refractivity contribution in [1.29, 1.82) is 0 Å². The molecule has 1 aliphatic rings. The van der Waals surface area contributed by atoms with Gasteiger partial charge in [0, 0.05) is 26.2 Å². The molecule has 10 heteroatoms. The lowest BCUT2D eigenvalue weighted by Crippen LogP contribution is -2.48. The quantitative estimate of drug-likeness (QED) is 0.490. The lowest BCUT2D eigenvalue weighted by molar-refractivity contribution is -0.123. The maximum absolute atomic E-state index is 13.7. The van der Waals surface area contributed by atoms with Crippen LogP contribution in [0.5, 0.6) is 0 Å². The molecule has 0 spiro atoms. The maximum atomic E-state index is 13.7. The van der Waals surface area contributed by atoms with Gasteiger partial charge in [-0.15, -0.1) is 0 Å². The van der Waals surface area contributed by atoms with Gasteiger partial charge in [-0.25, -0.2) is 17.8 Å². The number of benzene rings is 2. The van der Waals surface area contributed by atoms with Crippen LogP contribution in [-0.2, 0) is 14.8 Å². The molecule has 1 amide bonds. The van der Waals surface area contributed by atoms with Gasteiger partial charge < -0.3 is 4.90 Å². The van der Waals surface area contributed by atoms with Crippen molar-refractivity contribution in [2.75, 3.05) is 45.2 Å². The molecule has 0 saturated carbocycles. The molecule has 1 unspecified atom stereocenters. The second kappa shape index (κ2) is 10.1. The van der Waals surface area contributed by atoms with Crippen molar-refractivity contribution in [3.8, 4) is 0 Å². The first-order valence-corrected chi connectivity index (χ1v) is 13.5. The van der Waals surface area contributed by atoms with E-state index in [1.54, 1.807) is 4.90 Å². The molecule has 1 aromatic heterocycles. The largest absolute Gasteiger partial charge is 0.308 e. The zero-order chi connectivity index (χ0) is 24.5. The number of aryl methyl sites for hydroxylation is 1. The smallest absolute Gasteiger partial charge is 0.243 e. The zero-order valence-electron chi connectivity index (χ0n) is 19.6. The number of aromatic nitrogens is 1. The standard InChI is InChI=1S/C24H29FN4O3S2/c1-17-6-4-8-21-22(17)26-24(33-21)29(15-14-27(2)3)23(30)18-7-5-13-28(16-18)34(31,32)20-11-9-19(25)10-12-20/h4,6,8-12,18H,5,7,13-16H2,1-3H3. The normalized spacial score (nSPS) is 17.4. The Balaban J connectivity index is 1.60. The number of halogens is 1. The van der Waals surface area contributed by atoms with E-state index in [0.29, 0.717) is 37.6 Å². The highest BCUT2D eigenvalue weighted by molar-refractivity contribution is 7.89. The van der Waals surface area contributed by atoms with E-state index >= 15 is 0 Å². The number of anilines is 1. The van der Waals surface area contributed by atoms with Gasteiger partial charge in [-0.2, -0.15) is 4.31 Å². The van der Waals surface area contributed by atoms with E-state index in [4.69, 9.17) is 4.98 Å². The van der Waals surface area contributed by atoms with Crippen LogP contribution in [-0.4, -0.2) is 68.8 Å². The summed E-state index contributed by atoms with van der Waals surface area (Å²) in [5.41, 5.74) is 1.93. The lowest BCUT2D eigenvalue weighted by Gasteiger charge is -2.34. The molecule has 4 rings (SSSR count). The van der Waals surface area contributed by atoms with E-state index in [9.17, 15) is 17.6 Å². The molecule has 0 N–H and O–H groups in total. The first kappa shape index (κ1) is 24.7. The van der Waals surface area contributed by atoms with Crippen LogP contribution in [0.25, 0.3) is 10.2 Å². The molecule has 1 saturated heterocycles. The summed E-state index contributed by atoms with van der Waals surface area (Å²) in [4.78, 5) is 22.2. The number of piperidine rings is 1. The Morgan fingerprint density at radius 3 is 2.59 bits per heavy atom. The second-order valence-electron chi connectivity index (χ2n) is 8.87. The molecule has 0 aliphatic carbocycles. The van der Waals surface area contributed by atoms with Gasteiger partial charge in [-0.3, -0.25) is 9.69 Å². The molecule has 3 aromatic rings. The highest BCUT2D eigenvalue weighted by Gasteiger charge is 2.36. The number of rotatable bonds is 7. The summed E-state index contributed by atoms with van der Waals surface area (Å²) in [7, 11) is 0.0816. The molecule has 1 atom stereocenters. The molecule has 34 heavy (non-hydrogen) atoms. The van der Waals surface area contributed by atoms with Crippen molar-refractivity contribution < 1.29 is 17.6 Å². The van der Waals surface area contributed by atoms with Gasteiger partial charge in [0.05, 0.1) is 21.0 Å². The number of sulfonamides is 1. The van der Waals surface area contributed by atoms with Crippen molar-refractivity contribution in [2.45, 2.75) is 24.7 Å². The number of para-hydroxylation sites is 1. The van der Waals surface area contributed by atoms with Gasteiger partial charge in [0.2, 0.25) is 15.9 Å². The molecule has 0 radical (unpaired) electrons. The molecular weight excluding hydrogens is 475 g/mol. The summed E-state index contributed by atoms with van der Waals surface area (Å²) >= 11 is 1.48. The predicted molar refractivity (Wildman–Crippen MR) is 133 cm³/mol. The number of likely N-dealkylation sites (N-methyl/N-ethyl adjacent to an activating group) is 1.